The van der Waals surface area contributed by atoms with Crippen molar-refractivity contribution in [3.05, 3.63) is 23.9 Å². The molecule has 2 heterocycles. The molecule has 1 N–H and O–H groups in total. The number of methoxy groups -OCH3 is 1. The smallest absolute Gasteiger partial charge is 0.217 e. The van der Waals surface area contributed by atoms with Crippen molar-refractivity contribution < 1.29 is 9.47 Å². The molecule has 1 fully saturated rings. The number of rotatable bonds is 6. The Hall–Kier alpha value is -1.17. The average Bonchev–Trinajstić information content (AvgIpc) is 2.45. The van der Waals surface area contributed by atoms with Gasteiger partial charge in [0.1, 0.15) is 0 Å². The van der Waals surface area contributed by atoms with Crippen molar-refractivity contribution in [3.8, 4) is 5.88 Å². The van der Waals surface area contributed by atoms with Crippen LogP contribution in [-0.2, 0) is 11.3 Å². The lowest BCUT2D eigenvalue weighted by molar-refractivity contribution is 0.0384. The predicted octanol–water partition coefficient (Wildman–Crippen LogP) is 0.512. The second kappa shape index (κ2) is 7.31. The van der Waals surface area contributed by atoms with Crippen molar-refractivity contribution in [1.29, 1.82) is 0 Å². The molecule has 1 aliphatic heterocycles. The normalized spacial score (nSPS) is 16.7. The van der Waals surface area contributed by atoms with Crippen molar-refractivity contribution in [1.82, 2.24) is 15.2 Å². The third kappa shape index (κ3) is 3.94. The Bertz CT molecular complexity index is 354. The molecular formula is C13H21N3O2. The van der Waals surface area contributed by atoms with E-state index in [4.69, 9.17) is 9.47 Å². The van der Waals surface area contributed by atoms with Crippen LogP contribution in [0.1, 0.15) is 5.56 Å². The number of ether oxygens (including phenoxy) is 2. The summed E-state index contributed by atoms with van der Waals surface area (Å²) in [5.41, 5.74) is 1.10. The molecule has 0 atom stereocenters. The largest absolute Gasteiger partial charge is 0.481 e. The standard InChI is InChI=1S/C13H21N3O2/c1-17-13-12(3-2-4-15-13)11-14-5-6-16-7-9-18-10-8-16/h2-4,14H,5-11H2,1H3. The highest BCUT2D eigenvalue weighted by atomic mass is 16.5. The van der Waals surface area contributed by atoms with E-state index in [-0.39, 0.29) is 0 Å². The summed E-state index contributed by atoms with van der Waals surface area (Å²) < 4.78 is 10.5. The zero-order valence-corrected chi connectivity index (χ0v) is 10.9. The fourth-order valence-corrected chi connectivity index (χ4v) is 2.03. The topological polar surface area (TPSA) is 46.6 Å². The van der Waals surface area contributed by atoms with Crippen LogP contribution in [0.2, 0.25) is 0 Å². The summed E-state index contributed by atoms with van der Waals surface area (Å²) in [6.45, 7) is 6.62. The van der Waals surface area contributed by atoms with E-state index in [1.165, 1.54) is 0 Å². The van der Waals surface area contributed by atoms with Gasteiger partial charge in [0.15, 0.2) is 0 Å². The second-order valence-electron chi connectivity index (χ2n) is 4.30. The van der Waals surface area contributed by atoms with Crippen LogP contribution in [0.3, 0.4) is 0 Å². The lowest BCUT2D eigenvalue weighted by Gasteiger charge is -2.26. The molecule has 1 aromatic heterocycles. The van der Waals surface area contributed by atoms with Crippen LogP contribution in [-0.4, -0.2) is 56.4 Å². The summed E-state index contributed by atoms with van der Waals surface area (Å²) in [6, 6.07) is 3.97. The predicted molar refractivity (Wildman–Crippen MR) is 69.8 cm³/mol. The van der Waals surface area contributed by atoms with Crippen LogP contribution in [0.5, 0.6) is 5.88 Å². The molecule has 0 amide bonds. The highest BCUT2D eigenvalue weighted by Crippen LogP contribution is 2.12. The Balaban J connectivity index is 1.68. The maximum Gasteiger partial charge on any atom is 0.217 e. The number of pyridine rings is 1. The Morgan fingerprint density at radius 2 is 2.28 bits per heavy atom. The number of nitrogens with one attached hydrogen (secondary N) is 1. The van der Waals surface area contributed by atoms with Gasteiger partial charge in [-0.15, -0.1) is 0 Å². The molecule has 100 valence electrons. The summed E-state index contributed by atoms with van der Waals surface area (Å²) in [7, 11) is 1.65. The van der Waals surface area contributed by atoms with Crippen molar-refractivity contribution in [2.24, 2.45) is 0 Å². The molecule has 0 aromatic carbocycles. The van der Waals surface area contributed by atoms with Crippen molar-refractivity contribution in [2.75, 3.05) is 46.5 Å². The lowest BCUT2D eigenvalue weighted by Crippen LogP contribution is -2.40. The van der Waals surface area contributed by atoms with E-state index < -0.39 is 0 Å². The van der Waals surface area contributed by atoms with E-state index in [1.54, 1.807) is 13.3 Å². The summed E-state index contributed by atoms with van der Waals surface area (Å²) in [4.78, 5) is 6.59. The van der Waals surface area contributed by atoms with Crippen LogP contribution >= 0.6 is 0 Å². The molecule has 0 bridgehead atoms. The van der Waals surface area contributed by atoms with Gasteiger partial charge in [0.05, 0.1) is 20.3 Å². The summed E-state index contributed by atoms with van der Waals surface area (Å²) >= 11 is 0. The van der Waals surface area contributed by atoms with Gasteiger partial charge >= 0.3 is 0 Å². The molecule has 1 saturated heterocycles. The Morgan fingerprint density at radius 1 is 1.44 bits per heavy atom. The van der Waals surface area contributed by atoms with Gasteiger partial charge in [-0.05, 0) is 6.07 Å². The van der Waals surface area contributed by atoms with Crippen molar-refractivity contribution >= 4 is 0 Å². The molecular weight excluding hydrogens is 230 g/mol. The van der Waals surface area contributed by atoms with E-state index >= 15 is 0 Å². The summed E-state index contributed by atoms with van der Waals surface area (Å²) in [5.74, 6) is 0.705. The van der Waals surface area contributed by atoms with E-state index in [0.717, 1.165) is 51.5 Å². The van der Waals surface area contributed by atoms with Crippen LogP contribution in [0.25, 0.3) is 0 Å². The van der Waals surface area contributed by atoms with Crippen molar-refractivity contribution in [3.63, 3.8) is 0 Å². The van der Waals surface area contributed by atoms with Gasteiger partial charge in [0.2, 0.25) is 5.88 Å². The van der Waals surface area contributed by atoms with Crippen LogP contribution < -0.4 is 10.1 Å². The number of nitrogens with zero attached hydrogens (tertiary/aromatic N) is 2. The molecule has 18 heavy (non-hydrogen) atoms. The number of morpholine rings is 1. The maximum absolute atomic E-state index is 5.32. The number of hydrogen-bond acceptors (Lipinski definition) is 5. The summed E-state index contributed by atoms with van der Waals surface area (Å²) in [6.07, 6.45) is 1.75. The average molecular weight is 251 g/mol. The first-order valence-electron chi connectivity index (χ1n) is 6.39. The van der Waals surface area contributed by atoms with E-state index in [9.17, 15) is 0 Å². The molecule has 5 nitrogen and oxygen atoms in total. The minimum absolute atomic E-state index is 0.705. The molecule has 0 radical (unpaired) electrons. The second-order valence-corrected chi connectivity index (χ2v) is 4.30. The van der Waals surface area contributed by atoms with Gasteiger partial charge in [0.25, 0.3) is 0 Å². The molecule has 1 aliphatic rings. The van der Waals surface area contributed by atoms with E-state index in [1.807, 2.05) is 12.1 Å². The molecule has 0 spiro atoms. The Labute approximate surface area is 108 Å². The van der Waals surface area contributed by atoms with Gasteiger partial charge in [-0.25, -0.2) is 4.98 Å². The highest BCUT2D eigenvalue weighted by Gasteiger charge is 2.09. The monoisotopic (exact) mass is 251 g/mol. The lowest BCUT2D eigenvalue weighted by atomic mass is 10.2. The zero-order chi connectivity index (χ0) is 12.6. The number of aromatic nitrogens is 1. The number of hydrogen-bond donors (Lipinski definition) is 1. The first kappa shape index (κ1) is 13.3. The van der Waals surface area contributed by atoms with Crippen LogP contribution in [0.4, 0.5) is 0 Å². The van der Waals surface area contributed by atoms with Gasteiger partial charge in [-0.2, -0.15) is 0 Å². The quantitative estimate of drug-likeness (QED) is 0.747. The van der Waals surface area contributed by atoms with Gasteiger partial charge in [-0.1, -0.05) is 6.07 Å². The van der Waals surface area contributed by atoms with Crippen molar-refractivity contribution in [2.45, 2.75) is 6.54 Å². The van der Waals surface area contributed by atoms with Gasteiger partial charge in [0, 0.05) is 44.5 Å². The highest BCUT2D eigenvalue weighted by molar-refractivity contribution is 5.24. The first-order chi connectivity index (χ1) is 8.90. The summed E-state index contributed by atoms with van der Waals surface area (Å²) in [5, 5.41) is 3.42. The molecule has 1 aromatic rings. The fraction of sp³-hybridized carbons (Fsp3) is 0.615. The van der Waals surface area contributed by atoms with Gasteiger partial charge in [-0.3, -0.25) is 4.90 Å². The van der Waals surface area contributed by atoms with Gasteiger partial charge < -0.3 is 14.8 Å². The van der Waals surface area contributed by atoms with Crippen LogP contribution in [0.15, 0.2) is 18.3 Å². The SMILES string of the molecule is COc1ncccc1CNCCN1CCOCC1. The minimum Gasteiger partial charge on any atom is -0.481 e. The zero-order valence-electron chi connectivity index (χ0n) is 10.9. The Morgan fingerprint density at radius 3 is 3.06 bits per heavy atom. The molecule has 0 aliphatic carbocycles. The van der Waals surface area contributed by atoms with E-state index in [2.05, 4.69) is 15.2 Å². The Kier molecular flexibility index (Phi) is 5.38. The minimum atomic E-state index is 0.705. The molecule has 2 rings (SSSR count). The fourth-order valence-electron chi connectivity index (χ4n) is 2.03. The first-order valence-corrected chi connectivity index (χ1v) is 6.39. The van der Waals surface area contributed by atoms with Crippen LogP contribution in [0, 0.1) is 0 Å². The maximum atomic E-state index is 5.32. The third-order valence-corrected chi connectivity index (χ3v) is 3.07. The third-order valence-electron chi connectivity index (χ3n) is 3.07. The molecule has 0 saturated carbocycles. The molecule has 5 heteroatoms. The molecule has 0 unspecified atom stereocenters. The van der Waals surface area contributed by atoms with E-state index in [0.29, 0.717) is 5.88 Å².